The predicted octanol–water partition coefficient (Wildman–Crippen LogP) is 6.28. The van der Waals surface area contributed by atoms with Gasteiger partial charge in [0.05, 0.1) is 17.1 Å². The topological polar surface area (TPSA) is 72.5 Å². The van der Waals surface area contributed by atoms with Gasteiger partial charge in [-0.25, -0.2) is 8.42 Å². The molecule has 0 aromatic heterocycles. The summed E-state index contributed by atoms with van der Waals surface area (Å²) >= 11 is 12.3. The van der Waals surface area contributed by atoms with Crippen LogP contribution in [0.3, 0.4) is 0 Å². The van der Waals surface area contributed by atoms with Crippen LogP contribution in [0.2, 0.25) is 10.0 Å². The van der Waals surface area contributed by atoms with Gasteiger partial charge in [0.25, 0.3) is 0 Å². The van der Waals surface area contributed by atoms with Crippen molar-refractivity contribution in [3.63, 3.8) is 0 Å². The minimum absolute atomic E-state index is 0.0382. The molecule has 0 saturated carbocycles. The molecule has 0 unspecified atom stereocenters. The van der Waals surface area contributed by atoms with Crippen molar-refractivity contribution in [3.8, 4) is 5.75 Å². The number of benzene rings is 3. The number of rotatable bonds is 8. The van der Waals surface area contributed by atoms with Crippen LogP contribution in [-0.2, 0) is 26.7 Å². The molecule has 0 aliphatic carbocycles. The molecule has 0 saturated heterocycles. The summed E-state index contributed by atoms with van der Waals surface area (Å²) in [5.74, 6) is 0.455. The highest BCUT2D eigenvalue weighted by Gasteiger charge is 2.25. The molecule has 33 heavy (non-hydrogen) atoms. The third-order valence-corrected chi connectivity index (χ3v) is 7.42. The lowest BCUT2D eigenvalue weighted by molar-refractivity contribution is -0.115. The zero-order valence-corrected chi connectivity index (χ0v) is 20.9. The molecule has 0 fully saturated rings. The lowest BCUT2D eigenvalue weighted by atomic mass is 9.98. The van der Waals surface area contributed by atoms with E-state index in [1.165, 1.54) is 12.1 Å². The first-order valence-electron chi connectivity index (χ1n) is 10.4. The van der Waals surface area contributed by atoms with E-state index in [1.807, 2.05) is 19.9 Å². The van der Waals surface area contributed by atoms with E-state index in [-0.39, 0.29) is 23.0 Å². The maximum absolute atomic E-state index is 12.4. The number of sulfone groups is 1. The van der Waals surface area contributed by atoms with Gasteiger partial charge in [0.1, 0.15) is 11.4 Å². The van der Waals surface area contributed by atoms with Crippen LogP contribution in [-0.4, -0.2) is 20.1 Å². The Morgan fingerprint density at radius 3 is 2.18 bits per heavy atom. The van der Waals surface area contributed by atoms with Crippen LogP contribution >= 0.6 is 23.2 Å². The van der Waals surface area contributed by atoms with E-state index in [9.17, 15) is 13.2 Å². The molecule has 174 valence electrons. The van der Waals surface area contributed by atoms with Gasteiger partial charge in [0.2, 0.25) is 5.91 Å². The molecule has 0 atom stereocenters. The highest BCUT2D eigenvalue weighted by Crippen LogP contribution is 2.34. The first-order chi connectivity index (χ1) is 15.5. The quantitative estimate of drug-likeness (QED) is 0.390. The fourth-order valence-corrected chi connectivity index (χ4v) is 4.83. The normalized spacial score (nSPS) is 11.8. The molecule has 5 nitrogen and oxygen atoms in total. The average molecular weight is 506 g/mol. The molecule has 3 aromatic rings. The lowest BCUT2D eigenvalue weighted by Gasteiger charge is -2.28. The Bertz CT molecular complexity index is 1240. The van der Waals surface area contributed by atoms with Gasteiger partial charge in [-0.1, -0.05) is 48.3 Å². The first-order valence-corrected chi connectivity index (χ1v) is 12.8. The summed E-state index contributed by atoms with van der Waals surface area (Å²) in [6.45, 7) is 5.42. The standard InChI is InChI=1S/C25H25Cl2NO4S/c1-4-33(30,31)21-12-5-17(6-13-21)15-24(29)28-19-8-10-20(11-9-19)32-25(2,3)22-14-7-18(26)16-23(22)27/h5-14,16H,4,15H2,1-3H3,(H,28,29). The largest absolute Gasteiger partial charge is 0.483 e. The molecule has 8 heteroatoms. The van der Waals surface area contributed by atoms with E-state index < -0.39 is 15.4 Å². The van der Waals surface area contributed by atoms with Crippen molar-refractivity contribution in [1.29, 1.82) is 0 Å². The summed E-state index contributed by atoms with van der Waals surface area (Å²) in [6, 6.07) is 18.7. The summed E-state index contributed by atoms with van der Waals surface area (Å²) in [6.07, 6.45) is 0.132. The van der Waals surface area contributed by atoms with Crippen molar-refractivity contribution in [2.75, 3.05) is 11.1 Å². The zero-order valence-electron chi connectivity index (χ0n) is 18.6. The van der Waals surface area contributed by atoms with Crippen LogP contribution in [0.4, 0.5) is 5.69 Å². The number of ether oxygens (including phenoxy) is 1. The SMILES string of the molecule is CCS(=O)(=O)c1ccc(CC(=O)Nc2ccc(OC(C)(C)c3ccc(Cl)cc3Cl)cc2)cc1. The van der Waals surface area contributed by atoms with E-state index in [1.54, 1.807) is 55.5 Å². The van der Waals surface area contributed by atoms with Gasteiger partial charge in [0, 0.05) is 21.3 Å². The number of hydrogen-bond donors (Lipinski definition) is 1. The third kappa shape index (κ3) is 6.50. The van der Waals surface area contributed by atoms with Crippen molar-refractivity contribution in [1.82, 2.24) is 0 Å². The number of halogens is 2. The van der Waals surface area contributed by atoms with Gasteiger partial charge in [0.15, 0.2) is 9.84 Å². The van der Waals surface area contributed by atoms with Gasteiger partial charge < -0.3 is 10.1 Å². The van der Waals surface area contributed by atoms with Gasteiger partial charge in [-0.3, -0.25) is 4.79 Å². The summed E-state index contributed by atoms with van der Waals surface area (Å²) < 4.78 is 29.9. The number of anilines is 1. The lowest BCUT2D eigenvalue weighted by Crippen LogP contribution is -2.25. The van der Waals surface area contributed by atoms with Gasteiger partial charge in [-0.15, -0.1) is 0 Å². The van der Waals surface area contributed by atoms with E-state index >= 15 is 0 Å². The number of hydrogen-bond acceptors (Lipinski definition) is 4. The Morgan fingerprint density at radius 1 is 0.970 bits per heavy atom. The molecule has 0 spiro atoms. The summed E-state index contributed by atoms with van der Waals surface area (Å²) in [4.78, 5) is 12.7. The Balaban J connectivity index is 1.61. The van der Waals surface area contributed by atoms with Gasteiger partial charge >= 0.3 is 0 Å². The minimum atomic E-state index is -3.26. The van der Waals surface area contributed by atoms with Crippen LogP contribution < -0.4 is 10.1 Å². The maximum atomic E-state index is 12.4. The van der Waals surface area contributed by atoms with Crippen molar-refractivity contribution < 1.29 is 17.9 Å². The zero-order chi connectivity index (χ0) is 24.2. The van der Waals surface area contributed by atoms with Gasteiger partial charge in [-0.05, 0) is 67.9 Å². The number of carbonyl (C=O) groups is 1. The molecule has 1 amide bonds. The summed E-state index contributed by atoms with van der Waals surface area (Å²) in [7, 11) is -3.26. The second-order valence-corrected chi connectivity index (χ2v) is 11.2. The van der Waals surface area contributed by atoms with Crippen molar-refractivity contribution in [3.05, 3.63) is 87.9 Å². The van der Waals surface area contributed by atoms with Gasteiger partial charge in [-0.2, -0.15) is 0 Å². The van der Waals surface area contributed by atoms with Crippen LogP contribution in [0.5, 0.6) is 5.75 Å². The molecule has 0 aliphatic rings. The second-order valence-electron chi connectivity index (χ2n) is 8.03. The average Bonchev–Trinajstić information content (AvgIpc) is 2.75. The molecular formula is C25H25Cl2NO4S. The fourth-order valence-electron chi connectivity index (χ4n) is 3.31. The van der Waals surface area contributed by atoms with Crippen LogP contribution in [0, 0.1) is 0 Å². The highest BCUT2D eigenvalue weighted by atomic mass is 35.5. The molecular weight excluding hydrogens is 481 g/mol. The van der Waals surface area contributed by atoms with E-state index in [2.05, 4.69) is 5.32 Å². The predicted molar refractivity (Wildman–Crippen MR) is 133 cm³/mol. The Morgan fingerprint density at radius 2 is 1.61 bits per heavy atom. The Hall–Kier alpha value is -2.54. The van der Waals surface area contributed by atoms with Crippen molar-refractivity contribution in [2.45, 2.75) is 37.7 Å². The Kier molecular flexibility index (Phi) is 7.73. The van der Waals surface area contributed by atoms with Crippen LogP contribution in [0.1, 0.15) is 31.9 Å². The third-order valence-electron chi connectivity index (χ3n) is 5.12. The molecule has 0 bridgehead atoms. The smallest absolute Gasteiger partial charge is 0.228 e. The fraction of sp³-hybridized carbons (Fsp3) is 0.240. The van der Waals surface area contributed by atoms with E-state index in [0.717, 1.165) is 11.1 Å². The highest BCUT2D eigenvalue weighted by molar-refractivity contribution is 7.91. The maximum Gasteiger partial charge on any atom is 0.228 e. The molecule has 0 radical (unpaired) electrons. The molecule has 0 heterocycles. The van der Waals surface area contributed by atoms with Crippen molar-refractivity contribution >= 4 is 44.6 Å². The number of amides is 1. The number of carbonyl (C=O) groups excluding carboxylic acids is 1. The van der Waals surface area contributed by atoms with E-state index in [0.29, 0.717) is 21.5 Å². The molecule has 0 aliphatic heterocycles. The molecule has 3 aromatic carbocycles. The monoisotopic (exact) mass is 505 g/mol. The summed E-state index contributed by atoms with van der Waals surface area (Å²) in [5.41, 5.74) is 1.47. The second kappa shape index (κ2) is 10.2. The van der Waals surface area contributed by atoms with Crippen LogP contribution in [0.25, 0.3) is 0 Å². The van der Waals surface area contributed by atoms with Crippen LogP contribution in [0.15, 0.2) is 71.6 Å². The van der Waals surface area contributed by atoms with Crippen molar-refractivity contribution in [2.24, 2.45) is 0 Å². The molecule has 1 N–H and O–H groups in total. The first kappa shape index (κ1) is 25.1. The molecule has 3 rings (SSSR count). The minimum Gasteiger partial charge on any atom is -0.483 e. The number of nitrogens with one attached hydrogen (secondary N) is 1. The van der Waals surface area contributed by atoms with E-state index in [4.69, 9.17) is 27.9 Å². The Labute approximate surface area is 204 Å². The summed E-state index contributed by atoms with van der Waals surface area (Å²) in [5, 5.41) is 3.92.